The van der Waals surface area contributed by atoms with Crippen molar-refractivity contribution < 1.29 is 19.0 Å². The molecule has 32 heavy (non-hydrogen) atoms. The van der Waals surface area contributed by atoms with Crippen molar-refractivity contribution in [3.05, 3.63) is 95.7 Å². The van der Waals surface area contributed by atoms with E-state index in [0.717, 1.165) is 11.1 Å². The molecule has 7 heteroatoms. The predicted molar refractivity (Wildman–Crippen MR) is 119 cm³/mol. The van der Waals surface area contributed by atoms with E-state index in [1.165, 1.54) is 0 Å². The molecule has 1 N–H and O–H groups in total. The van der Waals surface area contributed by atoms with E-state index in [1.54, 1.807) is 19.1 Å². The number of aromatic amines is 1. The van der Waals surface area contributed by atoms with Crippen LogP contribution < -0.4 is 9.47 Å². The molecular formula is C25H23N3O4. The number of benzene rings is 3. The molecular weight excluding hydrogens is 406 g/mol. The van der Waals surface area contributed by atoms with Crippen molar-refractivity contribution in [1.82, 2.24) is 15.4 Å². The van der Waals surface area contributed by atoms with Gasteiger partial charge in [-0.1, -0.05) is 60.7 Å². The Morgan fingerprint density at radius 2 is 1.38 bits per heavy atom. The van der Waals surface area contributed by atoms with Gasteiger partial charge in [-0.25, -0.2) is 4.79 Å². The van der Waals surface area contributed by atoms with Gasteiger partial charge in [0.05, 0.1) is 6.61 Å². The van der Waals surface area contributed by atoms with Crippen LogP contribution in [0.15, 0.2) is 78.9 Å². The van der Waals surface area contributed by atoms with Crippen molar-refractivity contribution >= 4 is 5.97 Å². The zero-order valence-corrected chi connectivity index (χ0v) is 17.7. The number of ether oxygens (including phenoxy) is 3. The maximum Gasteiger partial charge on any atom is 0.361 e. The number of nitrogens with zero attached hydrogens (tertiary/aromatic N) is 2. The summed E-state index contributed by atoms with van der Waals surface area (Å²) in [5, 5.41) is 10.6. The van der Waals surface area contributed by atoms with Gasteiger partial charge in [0.1, 0.15) is 30.4 Å². The Bertz CT molecular complexity index is 1100. The molecule has 0 spiro atoms. The first kappa shape index (κ1) is 21.1. The van der Waals surface area contributed by atoms with Crippen molar-refractivity contribution in [2.45, 2.75) is 20.1 Å². The first-order valence-electron chi connectivity index (χ1n) is 10.3. The number of nitrogens with one attached hydrogen (secondary N) is 1. The van der Waals surface area contributed by atoms with Crippen LogP contribution in [-0.2, 0) is 18.0 Å². The molecule has 0 fully saturated rings. The lowest BCUT2D eigenvalue weighted by Gasteiger charge is -2.12. The van der Waals surface area contributed by atoms with Gasteiger partial charge in [0.25, 0.3) is 0 Å². The summed E-state index contributed by atoms with van der Waals surface area (Å²) in [5.74, 6) is 0.637. The molecule has 4 aromatic rings. The van der Waals surface area contributed by atoms with Crippen molar-refractivity contribution in [2.75, 3.05) is 6.61 Å². The van der Waals surface area contributed by atoms with E-state index in [9.17, 15) is 4.79 Å². The van der Waals surface area contributed by atoms with Gasteiger partial charge in [-0.2, -0.15) is 10.3 Å². The Balaban J connectivity index is 1.62. The summed E-state index contributed by atoms with van der Waals surface area (Å²) in [6.45, 7) is 2.78. The summed E-state index contributed by atoms with van der Waals surface area (Å²) < 4.78 is 17.1. The topological polar surface area (TPSA) is 86.3 Å². The lowest BCUT2D eigenvalue weighted by atomic mass is 10.1. The summed E-state index contributed by atoms with van der Waals surface area (Å²) >= 11 is 0. The largest absolute Gasteiger partial charge is 0.489 e. The van der Waals surface area contributed by atoms with Crippen LogP contribution in [0.5, 0.6) is 11.5 Å². The van der Waals surface area contributed by atoms with Gasteiger partial charge in [0.15, 0.2) is 5.69 Å². The molecule has 1 aromatic heterocycles. The highest BCUT2D eigenvalue weighted by Crippen LogP contribution is 2.31. The summed E-state index contributed by atoms with van der Waals surface area (Å²) in [7, 11) is 0. The summed E-state index contributed by atoms with van der Waals surface area (Å²) in [6.07, 6.45) is 0. The minimum Gasteiger partial charge on any atom is -0.489 e. The third-order valence-corrected chi connectivity index (χ3v) is 4.67. The van der Waals surface area contributed by atoms with Crippen LogP contribution in [0.25, 0.3) is 11.3 Å². The quantitative estimate of drug-likeness (QED) is 0.385. The standard InChI is InChI=1S/C25H23N3O4/c1-2-30-25(29)24-23(26-28-27-24)20-13-21(31-16-18-9-5-3-6-10-18)15-22(14-20)32-17-19-11-7-4-8-12-19/h3-15H,2,16-17H2,1H3,(H,26,27,28). The number of carbonyl (C=O) groups excluding carboxylic acids is 1. The number of H-pyrrole nitrogens is 1. The van der Waals surface area contributed by atoms with Crippen LogP contribution in [0, 0.1) is 0 Å². The first-order chi connectivity index (χ1) is 15.7. The number of aromatic nitrogens is 3. The van der Waals surface area contributed by atoms with E-state index in [-0.39, 0.29) is 12.3 Å². The Labute approximate surface area is 186 Å². The van der Waals surface area contributed by atoms with E-state index in [1.807, 2.05) is 66.7 Å². The molecule has 0 aliphatic heterocycles. The Morgan fingerprint density at radius 3 is 1.91 bits per heavy atom. The molecule has 0 aliphatic carbocycles. The van der Waals surface area contributed by atoms with Crippen molar-refractivity contribution in [2.24, 2.45) is 0 Å². The molecule has 0 amide bonds. The minimum atomic E-state index is -0.543. The molecule has 4 rings (SSSR count). The maximum absolute atomic E-state index is 12.3. The van der Waals surface area contributed by atoms with Gasteiger partial charge < -0.3 is 14.2 Å². The second-order valence-electron chi connectivity index (χ2n) is 6.98. The Hall–Kier alpha value is -4.13. The molecule has 0 bridgehead atoms. The highest BCUT2D eigenvalue weighted by Gasteiger charge is 2.20. The number of rotatable bonds is 9. The fraction of sp³-hybridized carbons (Fsp3) is 0.160. The lowest BCUT2D eigenvalue weighted by molar-refractivity contribution is 0.0520. The summed E-state index contributed by atoms with van der Waals surface area (Å²) in [4.78, 5) is 12.3. The Kier molecular flexibility index (Phi) is 6.77. The first-order valence-corrected chi connectivity index (χ1v) is 10.3. The molecule has 1 heterocycles. The zero-order valence-electron chi connectivity index (χ0n) is 17.7. The smallest absolute Gasteiger partial charge is 0.361 e. The third kappa shape index (κ3) is 5.31. The molecule has 162 valence electrons. The van der Waals surface area contributed by atoms with Crippen molar-refractivity contribution in [3.63, 3.8) is 0 Å². The molecule has 7 nitrogen and oxygen atoms in total. The molecule has 0 radical (unpaired) electrons. The van der Waals surface area contributed by atoms with Crippen molar-refractivity contribution in [1.29, 1.82) is 0 Å². The molecule has 3 aromatic carbocycles. The molecule has 0 atom stereocenters. The van der Waals surface area contributed by atoms with Crippen LogP contribution in [-0.4, -0.2) is 28.0 Å². The summed E-state index contributed by atoms with van der Waals surface area (Å²) in [5.41, 5.74) is 3.20. The van der Waals surface area contributed by atoms with E-state index in [2.05, 4.69) is 15.4 Å². The number of carbonyl (C=O) groups is 1. The normalized spacial score (nSPS) is 10.5. The average molecular weight is 429 g/mol. The van der Waals surface area contributed by atoms with Gasteiger partial charge in [-0.15, -0.1) is 5.10 Å². The highest BCUT2D eigenvalue weighted by molar-refractivity contribution is 5.94. The summed E-state index contributed by atoms with van der Waals surface area (Å²) in [6, 6.07) is 25.2. The van der Waals surface area contributed by atoms with Crippen LogP contribution in [0.1, 0.15) is 28.5 Å². The second kappa shape index (κ2) is 10.3. The average Bonchev–Trinajstić information content (AvgIpc) is 3.33. The molecule has 0 unspecified atom stereocenters. The fourth-order valence-corrected chi connectivity index (χ4v) is 3.13. The van der Waals surface area contributed by atoms with Crippen LogP contribution in [0.3, 0.4) is 0 Å². The molecule has 0 saturated carbocycles. The predicted octanol–water partition coefficient (Wildman–Crippen LogP) is 4.81. The van der Waals surface area contributed by atoms with Gasteiger partial charge in [0.2, 0.25) is 0 Å². The van der Waals surface area contributed by atoms with E-state index in [4.69, 9.17) is 14.2 Å². The highest BCUT2D eigenvalue weighted by atomic mass is 16.5. The van der Waals surface area contributed by atoms with Gasteiger partial charge in [0, 0.05) is 11.6 Å². The van der Waals surface area contributed by atoms with Gasteiger partial charge in [-0.3, -0.25) is 0 Å². The van der Waals surface area contributed by atoms with Crippen LogP contribution in [0.4, 0.5) is 0 Å². The fourth-order valence-electron chi connectivity index (χ4n) is 3.13. The maximum atomic E-state index is 12.3. The van der Waals surface area contributed by atoms with Crippen LogP contribution in [0.2, 0.25) is 0 Å². The zero-order chi connectivity index (χ0) is 22.2. The van der Waals surface area contributed by atoms with Gasteiger partial charge in [-0.05, 0) is 30.2 Å². The molecule has 0 aliphatic rings. The molecule has 0 saturated heterocycles. The lowest BCUT2D eigenvalue weighted by Crippen LogP contribution is -2.07. The monoisotopic (exact) mass is 429 g/mol. The Morgan fingerprint density at radius 1 is 0.812 bits per heavy atom. The van der Waals surface area contributed by atoms with E-state index in [0.29, 0.717) is 36.0 Å². The van der Waals surface area contributed by atoms with Crippen molar-refractivity contribution in [3.8, 4) is 22.8 Å². The number of hydrogen-bond acceptors (Lipinski definition) is 6. The van der Waals surface area contributed by atoms with Crippen LogP contribution >= 0.6 is 0 Å². The third-order valence-electron chi connectivity index (χ3n) is 4.67. The van der Waals surface area contributed by atoms with E-state index < -0.39 is 5.97 Å². The second-order valence-corrected chi connectivity index (χ2v) is 6.98. The van der Waals surface area contributed by atoms with Gasteiger partial charge >= 0.3 is 5.97 Å². The number of esters is 1. The number of hydrogen-bond donors (Lipinski definition) is 1. The SMILES string of the molecule is CCOC(=O)c1n[nH]nc1-c1cc(OCc2ccccc2)cc(OCc2ccccc2)c1. The van der Waals surface area contributed by atoms with E-state index >= 15 is 0 Å². The minimum absolute atomic E-state index is 0.112.